The highest BCUT2D eigenvalue weighted by atomic mass is 79.9. The van der Waals surface area contributed by atoms with E-state index < -0.39 is 12.1 Å². The Kier molecular flexibility index (Phi) is 9.95. The van der Waals surface area contributed by atoms with Crippen LogP contribution in [-0.2, 0) is 16.1 Å². The quantitative estimate of drug-likeness (QED) is 0.242. The normalized spacial score (nSPS) is 15.3. The van der Waals surface area contributed by atoms with Crippen molar-refractivity contribution in [3.8, 4) is 5.75 Å². The van der Waals surface area contributed by atoms with Gasteiger partial charge in [-0.05, 0) is 79.3 Å². The second kappa shape index (κ2) is 13.5. The molecule has 0 saturated carbocycles. The molecule has 0 aliphatic carbocycles. The van der Waals surface area contributed by atoms with E-state index in [-0.39, 0.29) is 43.2 Å². The van der Waals surface area contributed by atoms with Crippen LogP contribution in [0.3, 0.4) is 0 Å². The average molecular weight is 667 g/mol. The van der Waals surface area contributed by atoms with Gasteiger partial charge in [-0.2, -0.15) is 0 Å². The van der Waals surface area contributed by atoms with Gasteiger partial charge in [-0.25, -0.2) is 0 Å². The summed E-state index contributed by atoms with van der Waals surface area (Å²) >= 11 is 3.54. The van der Waals surface area contributed by atoms with Gasteiger partial charge >= 0.3 is 0 Å². The fourth-order valence-electron chi connectivity index (χ4n) is 5.12. The number of halogens is 2. The Bertz CT molecular complexity index is 1670. The first-order valence-corrected chi connectivity index (χ1v) is 14.3. The molecule has 3 amide bonds. The number of hydrogen-bond acceptors (Lipinski definition) is 6. The van der Waals surface area contributed by atoms with Gasteiger partial charge in [0.15, 0.2) is 0 Å². The summed E-state index contributed by atoms with van der Waals surface area (Å²) in [5, 5.41) is 7.69. The standard InChI is InChI=1S/C32H32BrN5O4.ClH/c1-19(35-2)30(39)36-26-18-38(31(40)20-8-12-23(34)13-9-20)28-7-5-4-6-27(28)37(32(26)41)17-25-24-14-11-22(33)16-21(24)10-15-29(25)42-3;/h4-16,19,26,35H,17-18,34H2,1-3H3,(H,36,39);1H. The first-order chi connectivity index (χ1) is 20.2. The summed E-state index contributed by atoms with van der Waals surface area (Å²) in [5.74, 6) is -0.388. The van der Waals surface area contributed by atoms with Crippen LogP contribution in [0.5, 0.6) is 5.75 Å². The Balaban J connectivity index is 0.00000423. The minimum atomic E-state index is -1.02. The summed E-state index contributed by atoms with van der Waals surface area (Å²) in [6.07, 6.45) is 0. The number of nitrogens with one attached hydrogen (secondary N) is 2. The van der Waals surface area contributed by atoms with E-state index in [2.05, 4.69) is 26.6 Å². The summed E-state index contributed by atoms with van der Waals surface area (Å²) in [4.78, 5) is 44.5. The van der Waals surface area contributed by atoms with Crippen molar-refractivity contribution < 1.29 is 19.1 Å². The average Bonchev–Trinajstić information content (AvgIpc) is 3.11. The van der Waals surface area contributed by atoms with Crippen LogP contribution in [0.1, 0.15) is 22.8 Å². The van der Waals surface area contributed by atoms with Crippen molar-refractivity contribution in [2.75, 3.05) is 36.2 Å². The topological polar surface area (TPSA) is 117 Å². The maximum Gasteiger partial charge on any atom is 0.258 e. The molecule has 0 aromatic heterocycles. The predicted molar refractivity (Wildman–Crippen MR) is 176 cm³/mol. The lowest BCUT2D eigenvalue weighted by Gasteiger charge is -2.27. The van der Waals surface area contributed by atoms with Crippen molar-refractivity contribution >= 4 is 73.9 Å². The highest BCUT2D eigenvalue weighted by Crippen LogP contribution is 2.38. The van der Waals surface area contributed by atoms with Gasteiger partial charge in [0.25, 0.3) is 11.8 Å². The molecule has 1 aliphatic heterocycles. The van der Waals surface area contributed by atoms with Gasteiger partial charge in [0.05, 0.1) is 37.6 Å². The number of likely N-dealkylation sites (N-methyl/N-ethyl adjacent to an activating group) is 1. The smallest absolute Gasteiger partial charge is 0.258 e. The zero-order chi connectivity index (χ0) is 30.0. The highest BCUT2D eigenvalue weighted by Gasteiger charge is 2.38. The van der Waals surface area contributed by atoms with Gasteiger partial charge in [-0.1, -0.05) is 40.2 Å². The predicted octanol–water partition coefficient (Wildman–Crippen LogP) is 4.90. The molecule has 0 fully saturated rings. The molecule has 43 heavy (non-hydrogen) atoms. The van der Waals surface area contributed by atoms with E-state index in [0.29, 0.717) is 28.4 Å². The second-order valence-corrected chi connectivity index (χ2v) is 11.0. The minimum Gasteiger partial charge on any atom is -0.496 e. The van der Waals surface area contributed by atoms with Crippen LogP contribution in [0.4, 0.5) is 17.1 Å². The van der Waals surface area contributed by atoms with Crippen LogP contribution in [0.25, 0.3) is 10.8 Å². The van der Waals surface area contributed by atoms with E-state index in [0.717, 1.165) is 20.8 Å². The Morgan fingerprint density at radius 2 is 1.74 bits per heavy atom. The molecular weight excluding hydrogens is 634 g/mol. The van der Waals surface area contributed by atoms with E-state index in [9.17, 15) is 14.4 Å². The minimum absolute atomic E-state index is 0. The lowest BCUT2D eigenvalue weighted by Crippen LogP contribution is -2.55. The Hall–Kier alpha value is -4.12. The lowest BCUT2D eigenvalue weighted by atomic mass is 10.0. The number of carbonyl (C=O) groups is 3. The monoisotopic (exact) mass is 665 g/mol. The molecule has 4 aromatic rings. The van der Waals surface area contributed by atoms with Gasteiger partial charge in [0, 0.05) is 21.3 Å². The molecule has 4 aromatic carbocycles. The van der Waals surface area contributed by atoms with Crippen LogP contribution < -0.4 is 30.9 Å². The molecule has 0 bridgehead atoms. The number of ether oxygens (including phenoxy) is 1. The van der Waals surface area contributed by atoms with E-state index in [4.69, 9.17) is 10.5 Å². The van der Waals surface area contributed by atoms with E-state index in [1.165, 1.54) is 0 Å². The SMILES string of the molecule is CNC(C)C(=O)NC1CN(C(=O)c2ccc(N)cc2)c2ccccc2N(Cc2c(OC)ccc3cc(Br)ccc23)C1=O.Cl. The zero-order valence-electron chi connectivity index (χ0n) is 24.0. The summed E-state index contributed by atoms with van der Waals surface area (Å²) in [6, 6.07) is 22.1. The first-order valence-electron chi connectivity index (χ1n) is 13.5. The van der Waals surface area contributed by atoms with E-state index in [1.807, 2.05) is 54.6 Å². The van der Waals surface area contributed by atoms with Crippen molar-refractivity contribution in [3.05, 3.63) is 94.5 Å². The van der Waals surface area contributed by atoms with E-state index >= 15 is 0 Å². The highest BCUT2D eigenvalue weighted by molar-refractivity contribution is 9.10. The van der Waals surface area contributed by atoms with Crippen molar-refractivity contribution in [2.45, 2.75) is 25.6 Å². The molecule has 2 atom stereocenters. The molecular formula is C32H33BrClN5O4. The molecule has 4 N–H and O–H groups in total. The summed E-state index contributed by atoms with van der Waals surface area (Å²) in [6.45, 7) is 1.80. The number of nitrogens with two attached hydrogens (primary N) is 1. The van der Waals surface area contributed by atoms with Crippen LogP contribution in [0.2, 0.25) is 0 Å². The van der Waals surface area contributed by atoms with Crippen LogP contribution in [-0.4, -0.2) is 50.5 Å². The van der Waals surface area contributed by atoms with Gasteiger partial charge in [0.2, 0.25) is 5.91 Å². The summed E-state index contributed by atoms with van der Waals surface area (Å²) in [5.41, 5.74) is 8.70. The second-order valence-electron chi connectivity index (χ2n) is 10.1. The molecule has 0 spiro atoms. The number of para-hydroxylation sites is 2. The molecule has 2 unspecified atom stereocenters. The number of nitrogen functional groups attached to an aromatic ring is 1. The van der Waals surface area contributed by atoms with Crippen molar-refractivity contribution in [3.63, 3.8) is 0 Å². The Morgan fingerprint density at radius 1 is 1.05 bits per heavy atom. The van der Waals surface area contributed by atoms with Crippen molar-refractivity contribution in [1.82, 2.24) is 10.6 Å². The number of anilines is 3. The molecule has 0 saturated heterocycles. The largest absolute Gasteiger partial charge is 0.496 e. The van der Waals surface area contributed by atoms with Crippen LogP contribution in [0.15, 0.2) is 83.3 Å². The fourth-order valence-corrected chi connectivity index (χ4v) is 5.49. The van der Waals surface area contributed by atoms with Gasteiger partial charge in [-0.15, -0.1) is 12.4 Å². The molecule has 11 heteroatoms. The third-order valence-corrected chi connectivity index (χ3v) is 8.02. The Labute approximate surface area is 264 Å². The van der Waals surface area contributed by atoms with E-state index in [1.54, 1.807) is 55.1 Å². The maximum atomic E-state index is 14.4. The van der Waals surface area contributed by atoms with Gasteiger partial charge < -0.3 is 30.9 Å². The van der Waals surface area contributed by atoms with Gasteiger partial charge in [-0.3, -0.25) is 14.4 Å². The molecule has 1 heterocycles. The molecule has 224 valence electrons. The third-order valence-electron chi connectivity index (χ3n) is 7.52. The number of rotatable bonds is 7. The number of amides is 3. The summed E-state index contributed by atoms with van der Waals surface area (Å²) in [7, 11) is 3.26. The number of nitrogens with zero attached hydrogens (tertiary/aromatic N) is 2. The number of carbonyl (C=O) groups excluding carboxylic acids is 3. The number of benzene rings is 4. The molecule has 1 aliphatic rings. The van der Waals surface area contributed by atoms with Crippen LogP contribution in [0, 0.1) is 0 Å². The fraction of sp³-hybridized carbons (Fsp3) is 0.219. The molecule has 9 nitrogen and oxygen atoms in total. The molecule has 0 radical (unpaired) electrons. The van der Waals surface area contributed by atoms with Crippen molar-refractivity contribution in [1.29, 1.82) is 0 Å². The van der Waals surface area contributed by atoms with Gasteiger partial charge in [0.1, 0.15) is 11.8 Å². The summed E-state index contributed by atoms with van der Waals surface area (Å²) < 4.78 is 6.67. The third kappa shape index (κ3) is 6.46. The number of hydrogen-bond donors (Lipinski definition) is 3. The number of fused-ring (bicyclic) bond motifs is 2. The zero-order valence-corrected chi connectivity index (χ0v) is 26.4. The molecule has 5 rings (SSSR count). The van der Waals surface area contributed by atoms with Crippen molar-refractivity contribution in [2.24, 2.45) is 0 Å². The Morgan fingerprint density at radius 3 is 2.42 bits per heavy atom. The lowest BCUT2D eigenvalue weighted by molar-refractivity contribution is -0.128. The number of methoxy groups -OCH3 is 1. The maximum absolute atomic E-state index is 14.4. The van der Waals surface area contributed by atoms with Crippen LogP contribution >= 0.6 is 28.3 Å². The first kappa shape index (κ1) is 31.8.